The minimum absolute atomic E-state index is 0.0454. The van der Waals surface area contributed by atoms with Gasteiger partial charge in [-0.05, 0) is 36.0 Å². The quantitative estimate of drug-likeness (QED) is 0.142. The number of nitrogens with zero attached hydrogens (tertiary/aromatic N) is 2. The third-order valence-electron chi connectivity index (χ3n) is 10.8. The Balaban J connectivity index is 1.38. The molecule has 3 amide bonds. The number of likely N-dealkylation sites (tertiary alicyclic amines) is 1. The second-order valence-corrected chi connectivity index (χ2v) is 14.1. The lowest BCUT2D eigenvalue weighted by atomic mass is 9.70. The smallest absolute Gasteiger partial charge is 0.313 e. The highest BCUT2D eigenvalue weighted by Crippen LogP contribution is 2.60. The minimum atomic E-state index is -1.35. The van der Waals surface area contributed by atoms with Gasteiger partial charge in [-0.25, -0.2) is 0 Å². The first-order chi connectivity index (χ1) is 26.3. The van der Waals surface area contributed by atoms with Gasteiger partial charge in [0.1, 0.15) is 17.7 Å². The highest BCUT2D eigenvalue weighted by atomic mass is 16.6. The van der Waals surface area contributed by atoms with Crippen molar-refractivity contribution in [3.8, 4) is 0 Å². The first-order valence-corrected chi connectivity index (χ1v) is 18.5. The molecule has 3 aliphatic heterocycles. The number of carbonyl (C=O) groups is 4. The van der Waals surface area contributed by atoms with Crippen molar-refractivity contribution in [1.82, 2.24) is 15.1 Å². The van der Waals surface area contributed by atoms with E-state index in [1.807, 2.05) is 66.7 Å². The maximum atomic E-state index is 15.0. The standard InChI is InChI=1S/C43H49N3O8/c1-4-6-22-35(48)44-32(28-52-3)38(31-20-14-9-15-21-31)53-42(51)36-34-23-24-43(54-34)37(36)40(49)46(33(27-47)30-18-12-8-13-19-30)39(43)41(50)45(25-5-2)26-29-16-10-7-11-17-29/h4-5,7-21,32-34,36-39,47H,1-2,6,22-28H2,3H3,(H,44,48)/t32-,33+,34+,36-,37-,38-,39+,43-/m0/s1. The lowest BCUT2D eigenvalue weighted by molar-refractivity contribution is -0.163. The van der Waals surface area contributed by atoms with Crippen LogP contribution in [0.3, 0.4) is 0 Å². The summed E-state index contributed by atoms with van der Waals surface area (Å²) in [5.74, 6) is -3.85. The predicted molar refractivity (Wildman–Crippen MR) is 201 cm³/mol. The second kappa shape index (κ2) is 17.4. The number of methoxy groups -OCH3 is 1. The summed E-state index contributed by atoms with van der Waals surface area (Å²) in [7, 11) is 1.50. The second-order valence-electron chi connectivity index (χ2n) is 14.1. The summed E-state index contributed by atoms with van der Waals surface area (Å²) in [4.78, 5) is 60.7. The van der Waals surface area contributed by atoms with Crippen molar-refractivity contribution in [1.29, 1.82) is 0 Å². The molecule has 3 saturated heterocycles. The fraction of sp³-hybridized carbons (Fsp3) is 0.395. The number of hydrogen-bond donors (Lipinski definition) is 2. The van der Waals surface area contributed by atoms with Gasteiger partial charge in [0.2, 0.25) is 17.7 Å². The number of fused-ring (bicyclic) bond motifs is 1. The van der Waals surface area contributed by atoms with E-state index in [0.717, 1.165) is 5.56 Å². The number of ether oxygens (including phenoxy) is 3. The van der Waals surface area contributed by atoms with Crippen LogP contribution >= 0.6 is 0 Å². The van der Waals surface area contributed by atoms with E-state index in [1.165, 1.54) is 12.0 Å². The highest BCUT2D eigenvalue weighted by molar-refractivity contribution is 5.98. The predicted octanol–water partition coefficient (Wildman–Crippen LogP) is 4.69. The molecule has 0 saturated carbocycles. The van der Waals surface area contributed by atoms with Crippen molar-refractivity contribution < 1.29 is 38.5 Å². The van der Waals surface area contributed by atoms with Gasteiger partial charge < -0.3 is 34.4 Å². The molecule has 3 aromatic rings. The molecule has 2 N–H and O–H groups in total. The third-order valence-corrected chi connectivity index (χ3v) is 10.8. The van der Waals surface area contributed by atoms with E-state index in [2.05, 4.69) is 18.5 Å². The molecule has 6 rings (SSSR count). The van der Waals surface area contributed by atoms with Crippen molar-refractivity contribution in [2.24, 2.45) is 11.8 Å². The summed E-state index contributed by atoms with van der Waals surface area (Å²) in [6.07, 6.45) is 3.10. The zero-order valence-corrected chi connectivity index (χ0v) is 30.6. The number of nitrogens with one attached hydrogen (secondary N) is 1. The van der Waals surface area contributed by atoms with Gasteiger partial charge in [0, 0.05) is 26.6 Å². The van der Waals surface area contributed by atoms with Gasteiger partial charge in [-0.3, -0.25) is 19.2 Å². The average molecular weight is 736 g/mol. The molecule has 11 nitrogen and oxygen atoms in total. The Kier molecular flexibility index (Phi) is 12.4. The van der Waals surface area contributed by atoms with Crippen molar-refractivity contribution in [2.45, 2.75) is 68.2 Å². The Morgan fingerprint density at radius 1 is 1.00 bits per heavy atom. The van der Waals surface area contributed by atoms with Gasteiger partial charge >= 0.3 is 5.97 Å². The molecule has 0 radical (unpaired) electrons. The number of rotatable bonds is 18. The molecule has 3 aliphatic rings. The molecule has 3 aromatic carbocycles. The Hall–Kier alpha value is -5.10. The van der Waals surface area contributed by atoms with Crippen LogP contribution in [0.4, 0.5) is 0 Å². The van der Waals surface area contributed by atoms with E-state index in [4.69, 9.17) is 14.2 Å². The zero-order chi connectivity index (χ0) is 38.2. The van der Waals surface area contributed by atoms with Crippen molar-refractivity contribution >= 4 is 23.7 Å². The van der Waals surface area contributed by atoms with Crippen LogP contribution < -0.4 is 5.32 Å². The van der Waals surface area contributed by atoms with Gasteiger partial charge in [0.05, 0.1) is 43.2 Å². The molecule has 54 heavy (non-hydrogen) atoms. The number of aliphatic hydroxyl groups excluding tert-OH is 1. The molecule has 3 fully saturated rings. The van der Waals surface area contributed by atoms with Crippen molar-refractivity contribution in [2.75, 3.05) is 26.9 Å². The summed E-state index contributed by atoms with van der Waals surface area (Å²) in [6.45, 7) is 7.64. The lowest BCUT2D eigenvalue weighted by Crippen LogP contribution is -2.57. The van der Waals surface area contributed by atoms with Crippen molar-refractivity contribution in [3.63, 3.8) is 0 Å². The van der Waals surface area contributed by atoms with E-state index in [1.54, 1.807) is 41.3 Å². The number of carbonyl (C=O) groups excluding carboxylic acids is 4. The van der Waals surface area contributed by atoms with Crippen LogP contribution in [-0.4, -0.2) is 89.3 Å². The Morgan fingerprint density at radius 2 is 1.65 bits per heavy atom. The largest absolute Gasteiger partial charge is 0.455 e. The first-order valence-electron chi connectivity index (χ1n) is 18.5. The van der Waals surface area contributed by atoms with E-state index < -0.39 is 66.3 Å². The van der Waals surface area contributed by atoms with E-state index in [0.29, 0.717) is 30.4 Å². The van der Waals surface area contributed by atoms with Gasteiger partial charge in [-0.2, -0.15) is 0 Å². The SMILES string of the molecule is C=CCCC(=O)N[C@@H](COC)[C@@H](OC(=O)[C@@H]1[C@H]2C(=O)N([C@H](CO)c3ccccc3)[C@H](C(=O)N(CC=C)Cc3ccccc3)[C@]23CC[C@H]1O3)c1ccccc1. The number of amides is 3. The Bertz CT molecular complexity index is 1790. The Labute approximate surface area is 316 Å². The molecule has 0 unspecified atom stereocenters. The fourth-order valence-corrected chi connectivity index (χ4v) is 8.49. The monoisotopic (exact) mass is 735 g/mol. The summed E-state index contributed by atoms with van der Waals surface area (Å²) >= 11 is 0. The van der Waals surface area contributed by atoms with Crippen LogP contribution in [0, 0.1) is 11.8 Å². The molecule has 3 heterocycles. The molecule has 8 atom stereocenters. The highest BCUT2D eigenvalue weighted by Gasteiger charge is 2.76. The fourth-order valence-electron chi connectivity index (χ4n) is 8.49. The van der Waals surface area contributed by atoms with Crippen LogP contribution in [0.5, 0.6) is 0 Å². The third kappa shape index (κ3) is 7.62. The topological polar surface area (TPSA) is 135 Å². The maximum Gasteiger partial charge on any atom is 0.313 e. The molecular formula is C43H49N3O8. The normalized spacial score (nSPS) is 24.3. The number of allylic oxidation sites excluding steroid dienone is 1. The lowest BCUT2D eigenvalue weighted by Gasteiger charge is -2.39. The molecule has 2 bridgehead atoms. The summed E-state index contributed by atoms with van der Waals surface area (Å²) in [5, 5.41) is 13.9. The first kappa shape index (κ1) is 38.6. The van der Waals surface area contributed by atoms with Crippen LogP contribution in [0.15, 0.2) is 116 Å². The van der Waals surface area contributed by atoms with Gasteiger partial charge in [0.25, 0.3) is 0 Å². The van der Waals surface area contributed by atoms with Gasteiger partial charge in [-0.1, -0.05) is 103 Å². The number of benzene rings is 3. The van der Waals surface area contributed by atoms with Crippen LogP contribution in [0.2, 0.25) is 0 Å². The zero-order valence-electron chi connectivity index (χ0n) is 30.6. The van der Waals surface area contributed by atoms with Crippen molar-refractivity contribution in [3.05, 3.63) is 133 Å². The molecule has 284 valence electrons. The van der Waals surface area contributed by atoms with Crippen LogP contribution in [-0.2, 0) is 39.9 Å². The molecule has 0 aliphatic carbocycles. The number of esters is 1. The van der Waals surface area contributed by atoms with E-state index >= 15 is 4.79 Å². The maximum absolute atomic E-state index is 15.0. The van der Waals surface area contributed by atoms with E-state index in [-0.39, 0.29) is 37.9 Å². The minimum Gasteiger partial charge on any atom is -0.455 e. The van der Waals surface area contributed by atoms with Crippen LogP contribution in [0.25, 0.3) is 0 Å². The number of hydrogen-bond acceptors (Lipinski definition) is 8. The molecular weight excluding hydrogens is 686 g/mol. The van der Waals surface area contributed by atoms with E-state index in [9.17, 15) is 19.5 Å². The van der Waals surface area contributed by atoms with Gasteiger partial charge in [0.15, 0.2) is 0 Å². The van der Waals surface area contributed by atoms with Crippen LogP contribution in [0.1, 0.15) is 54.5 Å². The Morgan fingerprint density at radius 3 is 2.26 bits per heavy atom. The number of aliphatic hydroxyl groups is 1. The summed E-state index contributed by atoms with van der Waals surface area (Å²) in [6, 6.07) is 24.9. The summed E-state index contributed by atoms with van der Waals surface area (Å²) < 4.78 is 18.6. The average Bonchev–Trinajstić information content (AvgIpc) is 3.84. The summed E-state index contributed by atoms with van der Waals surface area (Å²) in [5.41, 5.74) is 0.821. The molecule has 1 spiro atoms. The molecule has 11 heteroatoms. The van der Waals surface area contributed by atoms with Gasteiger partial charge in [-0.15, -0.1) is 13.2 Å². The molecule has 0 aromatic heterocycles.